The number of carbonyl (C=O) groups excluding carboxylic acids is 1. The van der Waals surface area contributed by atoms with Crippen molar-refractivity contribution in [1.82, 2.24) is 10.2 Å². The van der Waals surface area contributed by atoms with Gasteiger partial charge in [0.15, 0.2) is 0 Å². The Morgan fingerprint density at radius 1 is 1.00 bits per heavy atom. The molecule has 0 radical (unpaired) electrons. The van der Waals surface area contributed by atoms with Crippen LogP contribution in [-0.4, -0.2) is 23.4 Å². The van der Waals surface area contributed by atoms with E-state index >= 15 is 0 Å². The SMILES string of the molecule is O=C(NC1(c2ccccc2)CC1)C1CC2(CCN1Cc1cccc(C(F)(F)F)c1)CC2. The highest BCUT2D eigenvalue weighted by atomic mass is 19.4. The van der Waals surface area contributed by atoms with Crippen LogP contribution in [0.25, 0.3) is 0 Å². The van der Waals surface area contributed by atoms with Gasteiger partial charge in [-0.15, -0.1) is 0 Å². The van der Waals surface area contributed by atoms with Crippen LogP contribution in [0.3, 0.4) is 0 Å². The first kappa shape index (κ1) is 20.6. The van der Waals surface area contributed by atoms with Gasteiger partial charge in [-0.25, -0.2) is 0 Å². The number of rotatable bonds is 5. The van der Waals surface area contributed by atoms with Crippen LogP contribution in [0.15, 0.2) is 54.6 Å². The molecule has 2 aromatic rings. The van der Waals surface area contributed by atoms with Gasteiger partial charge in [-0.2, -0.15) is 13.2 Å². The number of carbonyl (C=O) groups is 1. The predicted octanol–water partition coefficient (Wildman–Crippen LogP) is 5.26. The van der Waals surface area contributed by atoms with Gasteiger partial charge < -0.3 is 5.32 Å². The number of nitrogens with zero attached hydrogens (tertiary/aromatic N) is 1. The highest BCUT2D eigenvalue weighted by molar-refractivity contribution is 5.83. The van der Waals surface area contributed by atoms with Gasteiger partial charge in [-0.05, 0) is 67.7 Å². The van der Waals surface area contributed by atoms with Gasteiger partial charge in [0.1, 0.15) is 0 Å². The Labute approximate surface area is 180 Å². The summed E-state index contributed by atoms with van der Waals surface area (Å²) >= 11 is 0. The van der Waals surface area contributed by atoms with Gasteiger partial charge in [0, 0.05) is 6.54 Å². The molecule has 1 heterocycles. The molecule has 31 heavy (non-hydrogen) atoms. The van der Waals surface area contributed by atoms with Crippen LogP contribution < -0.4 is 5.32 Å². The van der Waals surface area contributed by atoms with Crippen molar-refractivity contribution in [3.8, 4) is 0 Å². The molecule has 2 aliphatic carbocycles. The Kier molecular flexibility index (Phi) is 4.88. The Hall–Kier alpha value is -2.34. The zero-order chi connectivity index (χ0) is 21.7. The Bertz CT molecular complexity index is 964. The standard InChI is InChI=1S/C25H27F3N2O/c26-25(27,28)20-8-4-5-18(15-20)17-30-14-13-23(9-10-23)16-21(30)22(31)29-24(11-12-24)19-6-2-1-3-7-19/h1-8,15,21H,9-14,16-17H2,(H,29,31). The minimum atomic E-state index is -4.36. The molecule has 164 valence electrons. The van der Waals surface area contributed by atoms with Crippen molar-refractivity contribution in [2.75, 3.05) is 6.54 Å². The maximum atomic E-state index is 13.4. The fourth-order valence-corrected chi connectivity index (χ4v) is 5.02. The Morgan fingerprint density at radius 3 is 2.39 bits per heavy atom. The molecule has 5 rings (SSSR count). The van der Waals surface area contributed by atoms with Gasteiger partial charge in [-0.3, -0.25) is 9.69 Å². The molecule has 6 heteroatoms. The number of halogens is 3. The van der Waals surface area contributed by atoms with E-state index in [0.717, 1.165) is 56.7 Å². The van der Waals surface area contributed by atoms with Crippen molar-refractivity contribution in [2.24, 2.45) is 5.41 Å². The molecule has 1 unspecified atom stereocenters. The minimum Gasteiger partial charge on any atom is -0.345 e. The average molecular weight is 428 g/mol. The third-order valence-corrected chi connectivity index (χ3v) is 7.34. The molecule has 3 nitrogen and oxygen atoms in total. The van der Waals surface area contributed by atoms with E-state index in [4.69, 9.17) is 0 Å². The van der Waals surface area contributed by atoms with Crippen LogP contribution in [0.4, 0.5) is 13.2 Å². The second kappa shape index (κ2) is 7.37. The van der Waals surface area contributed by atoms with Crippen LogP contribution >= 0.6 is 0 Å². The number of nitrogens with one attached hydrogen (secondary N) is 1. The topological polar surface area (TPSA) is 32.3 Å². The van der Waals surface area contributed by atoms with Crippen molar-refractivity contribution >= 4 is 5.91 Å². The Morgan fingerprint density at radius 2 is 1.74 bits per heavy atom. The Balaban J connectivity index is 1.34. The molecule has 2 aromatic carbocycles. The predicted molar refractivity (Wildman–Crippen MR) is 112 cm³/mol. The summed E-state index contributed by atoms with van der Waals surface area (Å²) in [7, 11) is 0. The zero-order valence-corrected chi connectivity index (χ0v) is 17.4. The molecule has 3 aliphatic rings. The summed E-state index contributed by atoms with van der Waals surface area (Å²) < 4.78 is 39.4. The number of piperidine rings is 1. The lowest BCUT2D eigenvalue weighted by Gasteiger charge is -2.40. The van der Waals surface area contributed by atoms with E-state index < -0.39 is 11.7 Å². The minimum absolute atomic E-state index is 0.0132. The van der Waals surface area contributed by atoms with Crippen molar-refractivity contribution in [3.05, 3.63) is 71.3 Å². The number of likely N-dealkylation sites (tertiary alicyclic amines) is 1. The molecule has 0 aromatic heterocycles. The molecule has 0 bridgehead atoms. The van der Waals surface area contributed by atoms with E-state index in [-0.39, 0.29) is 22.9 Å². The molecule has 2 saturated carbocycles. The molecule has 1 N–H and O–H groups in total. The zero-order valence-electron chi connectivity index (χ0n) is 17.4. The second-order valence-corrected chi connectivity index (χ2v) is 9.58. The van der Waals surface area contributed by atoms with Gasteiger partial charge in [0.05, 0.1) is 17.1 Å². The number of hydrogen-bond donors (Lipinski definition) is 1. The maximum Gasteiger partial charge on any atom is 0.416 e. The smallest absolute Gasteiger partial charge is 0.345 e. The molecule has 1 spiro atoms. The summed E-state index contributed by atoms with van der Waals surface area (Å²) in [6.07, 6.45) is 1.60. The number of hydrogen-bond acceptors (Lipinski definition) is 2. The van der Waals surface area contributed by atoms with E-state index in [2.05, 4.69) is 22.3 Å². The van der Waals surface area contributed by atoms with Crippen LogP contribution in [-0.2, 0) is 23.1 Å². The highest BCUT2D eigenvalue weighted by Crippen LogP contribution is 2.55. The molecule has 1 atom stereocenters. The van der Waals surface area contributed by atoms with Crippen LogP contribution in [0.5, 0.6) is 0 Å². The van der Waals surface area contributed by atoms with E-state index in [1.807, 2.05) is 18.2 Å². The molecule has 1 saturated heterocycles. The van der Waals surface area contributed by atoms with E-state index in [1.54, 1.807) is 6.07 Å². The van der Waals surface area contributed by atoms with E-state index in [0.29, 0.717) is 12.1 Å². The van der Waals surface area contributed by atoms with Crippen molar-refractivity contribution in [2.45, 2.75) is 62.8 Å². The largest absolute Gasteiger partial charge is 0.416 e. The first-order valence-electron chi connectivity index (χ1n) is 11.1. The first-order valence-corrected chi connectivity index (χ1v) is 11.1. The third-order valence-electron chi connectivity index (χ3n) is 7.34. The lowest BCUT2D eigenvalue weighted by molar-refractivity contribution is -0.137. The van der Waals surface area contributed by atoms with E-state index in [9.17, 15) is 18.0 Å². The molecular weight excluding hydrogens is 401 g/mol. The van der Waals surface area contributed by atoms with Crippen LogP contribution in [0, 0.1) is 5.41 Å². The van der Waals surface area contributed by atoms with Gasteiger partial charge >= 0.3 is 6.18 Å². The van der Waals surface area contributed by atoms with Gasteiger partial charge in [0.2, 0.25) is 5.91 Å². The molecule has 1 aliphatic heterocycles. The van der Waals surface area contributed by atoms with Gasteiger partial charge in [-0.1, -0.05) is 48.5 Å². The summed E-state index contributed by atoms with van der Waals surface area (Å²) in [5, 5.41) is 3.31. The lowest BCUT2D eigenvalue weighted by atomic mass is 9.86. The molecule has 3 fully saturated rings. The second-order valence-electron chi connectivity index (χ2n) is 9.58. The third kappa shape index (κ3) is 4.22. The summed E-state index contributed by atoms with van der Waals surface area (Å²) in [6.45, 7) is 1.10. The normalized spacial score (nSPS) is 24.0. The highest BCUT2D eigenvalue weighted by Gasteiger charge is 2.52. The summed E-state index contributed by atoms with van der Waals surface area (Å²) in [4.78, 5) is 15.5. The number of benzene rings is 2. The van der Waals surface area contributed by atoms with Crippen LogP contribution in [0.1, 0.15) is 55.2 Å². The van der Waals surface area contributed by atoms with Crippen molar-refractivity contribution in [1.29, 1.82) is 0 Å². The summed E-state index contributed by atoms with van der Waals surface area (Å²) in [5.74, 6) is 0.0132. The van der Waals surface area contributed by atoms with Crippen LogP contribution in [0.2, 0.25) is 0 Å². The summed E-state index contributed by atoms with van der Waals surface area (Å²) in [6, 6.07) is 15.2. The number of alkyl halides is 3. The quantitative estimate of drug-likeness (QED) is 0.705. The molecular formula is C25H27F3N2O. The molecule has 1 amide bonds. The van der Waals surface area contributed by atoms with E-state index in [1.165, 1.54) is 12.1 Å². The lowest BCUT2D eigenvalue weighted by Crippen LogP contribution is -2.53. The maximum absolute atomic E-state index is 13.4. The van der Waals surface area contributed by atoms with Crippen molar-refractivity contribution in [3.63, 3.8) is 0 Å². The van der Waals surface area contributed by atoms with Gasteiger partial charge in [0.25, 0.3) is 0 Å². The number of amides is 1. The van der Waals surface area contributed by atoms with Crippen molar-refractivity contribution < 1.29 is 18.0 Å². The monoisotopic (exact) mass is 428 g/mol. The fourth-order valence-electron chi connectivity index (χ4n) is 5.02. The average Bonchev–Trinajstić information content (AvgIpc) is 3.68. The first-order chi connectivity index (χ1) is 14.8. The fraction of sp³-hybridized carbons (Fsp3) is 0.480. The summed E-state index contributed by atoms with van der Waals surface area (Å²) in [5.41, 5.74) is 1.07.